The van der Waals surface area contributed by atoms with E-state index in [1.54, 1.807) is 13.8 Å². The highest BCUT2D eigenvalue weighted by Crippen LogP contribution is 2.06. The third-order valence-corrected chi connectivity index (χ3v) is 3.34. The zero-order valence-electron chi connectivity index (χ0n) is 10.9. The molecule has 0 aliphatic rings. The Morgan fingerprint density at radius 3 is 2.42 bits per heavy atom. The van der Waals surface area contributed by atoms with Gasteiger partial charge in [0.1, 0.15) is 6.61 Å². The highest BCUT2D eigenvalue weighted by molar-refractivity contribution is 7.89. The van der Waals surface area contributed by atoms with E-state index in [0.717, 1.165) is 5.56 Å². The number of nitrogens with one attached hydrogen (secondary N) is 1. The van der Waals surface area contributed by atoms with E-state index in [1.165, 1.54) is 0 Å². The van der Waals surface area contributed by atoms with Gasteiger partial charge in [-0.3, -0.25) is 0 Å². The summed E-state index contributed by atoms with van der Waals surface area (Å²) >= 11 is 0. The van der Waals surface area contributed by atoms with Gasteiger partial charge in [0, 0.05) is 0 Å². The van der Waals surface area contributed by atoms with Crippen molar-refractivity contribution in [1.82, 2.24) is 5.32 Å². The first-order valence-electron chi connectivity index (χ1n) is 5.67. The number of hydrogen-bond donors (Lipinski definition) is 2. The molecule has 0 radical (unpaired) electrons. The summed E-state index contributed by atoms with van der Waals surface area (Å²) in [6.07, 6.45) is -0.683. The Morgan fingerprint density at radius 1 is 1.32 bits per heavy atom. The average molecular weight is 286 g/mol. The van der Waals surface area contributed by atoms with Crippen LogP contribution < -0.4 is 10.5 Å². The number of ether oxygens (including phenoxy) is 1. The van der Waals surface area contributed by atoms with Crippen molar-refractivity contribution in [1.29, 1.82) is 0 Å². The molecule has 0 aliphatic carbocycles. The molecule has 0 saturated carbocycles. The first kappa shape index (κ1) is 15.5. The molecule has 0 fully saturated rings. The Hall–Kier alpha value is -1.60. The van der Waals surface area contributed by atoms with Crippen LogP contribution in [-0.2, 0) is 21.4 Å². The van der Waals surface area contributed by atoms with Crippen molar-refractivity contribution in [2.75, 3.05) is 5.75 Å². The SMILES string of the molecule is CC(C)(CS(N)(=O)=O)NC(=O)OCc1ccccc1. The van der Waals surface area contributed by atoms with Crippen molar-refractivity contribution in [2.45, 2.75) is 26.0 Å². The number of alkyl carbamates (subject to hydrolysis) is 1. The summed E-state index contributed by atoms with van der Waals surface area (Å²) in [4.78, 5) is 11.5. The minimum atomic E-state index is -3.66. The molecule has 1 aromatic rings. The molecule has 1 aromatic carbocycles. The normalized spacial score (nSPS) is 11.9. The predicted octanol–water partition coefficient (Wildman–Crippen LogP) is 0.980. The molecule has 0 aromatic heterocycles. The van der Waals surface area contributed by atoms with Crippen LogP contribution >= 0.6 is 0 Å². The largest absolute Gasteiger partial charge is 0.445 e. The number of carbonyl (C=O) groups excluding carboxylic acids is 1. The van der Waals surface area contributed by atoms with Crippen LogP contribution in [0.5, 0.6) is 0 Å². The van der Waals surface area contributed by atoms with E-state index in [1.807, 2.05) is 30.3 Å². The van der Waals surface area contributed by atoms with Gasteiger partial charge in [0.25, 0.3) is 0 Å². The van der Waals surface area contributed by atoms with Gasteiger partial charge in [0.05, 0.1) is 11.3 Å². The molecule has 3 N–H and O–H groups in total. The lowest BCUT2D eigenvalue weighted by Gasteiger charge is -2.24. The van der Waals surface area contributed by atoms with Gasteiger partial charge in [-0.2, -0.15) is 0 Å². The molecule has 1 rings (SSSR count). The van der Waals surface area contributed by atoms with Crippen LogP contribution in [-0.4, -0.2) is 25.8 Å². The highest BCUT2D eigenvalue weighted by atomic mass is 32.2. The standard InChI is InChI=1S/C12H18N2O4S/c1-12(2,9-19(13,16)17)14-11(15)18-8-10-6-4-3-5-7-10/h3-7H,8-9H2,1-2H3,(H,14,15)(H2,13,16,17). The molecular weight excluding hydrogens is 268 g/mol. The summed E-state index contributed by atoms with van der Waals surface area (Å²) in [5.41, 5.74) is -0.136. The summed E-state index contributed by atoms with van der Waals surface area (Å²) < 4.78 is 27.0. The molecule has 0 unspecified atom stereocenters. The van der Waals surface area contributed by atoms with E-state index < -0.39 is 21.7 Å². The van der Waals surface area contributed by atoms with Crippen LogP contribution in [0.3, 0.4) is 0 Å². The maximum Gasteiger partial charge on any atom is 0.407 e. The molecule has 0 heterocycles. The molecular formula is C12H18N2O4S. The molecule has 0 saturated heterocycles. The van der Waals surface area contributed by atoms with Gasteiger partial charge >= 0.3 is 6.09 Å². The van der Waals surface area contributed by atoms with Crippen LogP contribution in [0.25, 0.3) is 0 Å². The summed E-state index contributed by atoms with van der Waals surface area (Å²) in [5, 5.41) is 7.41. The fraction of sp³-hybridized carbons (Fsp3) is 0.417. The Labute approximate surface area is 113 Å². The first-order valence-corrected chi connectivity index (χ1v) is 7.39. The summed E-state index contributed by atoms with van der Waals surface area (Å²) in [7, 11) is -3.66. The molecule has 19 heavy (non-hydrogen) atoms. The Morgan fingerprint density at radius 2 is 1.89 bits per heavy atom. The zero-order chi connectivity index (χ0) is 14.5. The van der Waals surface area contributed by atoms with Crippen molar-refractivity contribution >= 4 is 16.1 Å². The van der Waals surface area contributed by atoms with E-state index in [4.69, 9.17) is 9.88 Å². The lowest BCUT2D eigenvalue weighted by Crippen LogP contribution is -2.49. The smallest absolute Gasteiger partial charge is 0.407 e. The Bertz CT molecular complexity index is 526. The number of rotatable bonds is 5. The van der Waals surface area contributed by atoms with Crippen molar-refractivity contribution in [3.63, 3.8) is 0 Å². The number of hydrogen-bond acceptors (Lipinski definition) is 4. The van der Waals surface area contributed by atoms with Crippen molar-refractivity contribution in [3.05, 3.63) is 35.9 Å². The van der Waals surface area contributed by atoms with E-state index in [0.29, 0.717) is 0 Å². The molecule has 7 heteroatoms. The quantitative estimate of drug-likeness (QED) is 0.843. The second kappa shape index (κ2) is 6.03. The lowest BCUT2D eigenvalue weighted by molar-refractivity contribution is 0.131. The minimum absolute atomic E-state index is 0.123. The van der Waals surface area contributed by atoms with Gasteiger partial charge in [0.2, 0.25) is 10.0 Å². The van der Waals surface area contributed by atoms with Crippen LogP contribution in [0.1, 0.15) is 19.4 Å². The van der Waals surface area contributed by atoms with Gasteiger partial charge in [0.15, 0.2) is 0 Å². The average Bonchev–Trinajstić information content (AvgIpc) is 2.23. The lowest BCUT2D eigenvalue weighted by atomic mass is 10.1. The van der Waals surface area contributed by atoms with Crippen molar-refractivity contribution in [2.24, 2.45) is 5.14 Å². The summed E-state index contributed by atoms with van der Waals surface area (Å²) in [6.45, 7) is 3.24. The minimum Gasteiger partial charge on any atom is -0.445 e. The van der Waals surface area contributed by atoms with E-state index >= 15 is 0 Å². The van der Waals surface area contributed by atoms with Crippen LogP contribution in [0.15, 0.2) is 30.3 Å². The van der Waals surface area contributed by atoms with Gasteiger partial charge in [-0.15, -0.1) is 0 Å². The number of benzene rings is 1. The van der Waals surface area contributed by atoms with Crippen LogP contribution in [0, 0.1) is 0 Å². The molecule has 0 aliphatic heterocycles. The Kier molecular flexibility index (Phi) is 4.90. The highest BCUT2D eigenvalue weighted by Gasteiger charge is 2.26. The second-order valence-corrected chi connectivity index (χ2v) is 6.49. The monoisotopic (exact) mass is 286 g/mol. The number of primary sulfonamides is 1. The Balaban J connectivity index is 2.47. The number of amides is 1. The van der Waals surface area contributed by atoms with E-state index in [-0.39, 0.29) is 12.4 Å². The van der Waals surface area contributed by atoms with Crippen molar-refractivity contribution < 1.29 is 17.9 Å². The maximum absolute atomic E-state index is 11.5. The first-order chi connectivity index (χ1) is 8.68. The fourth-order valence-electron chi connectivity index (χ4n) is 1.57. The van der Waals surface area contributed by atoms with Gasteiger partial charge in [-0.25, -0.2) is 18.4 Å². The molecule has 0 atom stereocenters. The molecule has 1 amide bonds. The molecule has 0 spiro atoms. The fourth-order valence-corrected chi connectivity index (χ4v) is 2.65. The van der Waals surface area contributed by atoms with Gasteiger partial charge < -0.3 is 10.1 Å². The third-order valence-electron chi connectivity index (χ3n) is 2.22. The third kappa shape index (κ3) is 6.78. The van der Waals surface area contributed by atoms with Gasteiger partial charge in [-0.1, -0.05) is 30.3 Å². The topological polar surface area (TPSA) is 98.5 Å². The predicted molar refractivity (Wildman–Crippen MR) is 71.8 cm³/mol. The van der Waals surface area contributed by atoms with Crippen molar-refractivity contribution in [3.8, 4) is 0 Å². The summed E-state index contributed by atoms with van der Waals surface area (Å²) in [5.74, 6) is -0.361. The maximum atomic E-state index is 11.5. The van der Waals surface area contributed by atoms with Crippen LogP contribution in [0.4, 0.5) is 4.79 Å². The second-order valence-electron chi connectivity index (χ2n) is 4.88. The number of carbonyl (C=O) groups is 1. The molecule has 6 nitrogen and oxygen atoms in total. The number of sulfonamides is 1. The zero-order valence-corrected chi connectivity index (χ0v) is 11.7. The molecule has 106 valence electrons. The van der Waals surface area contributed by atoms with E-state index in [2.05, 4.69) is 5.32 Å². The van der Waals surface area contributed by atoms with Gasteiger partial charge in [-0.05, 0) is 19.4 Å². The van der Waals surface area contributed by atoms with Crippen LogP contribution in [0.2, 0.25) is 0 Å². The van der Waals surface area contributed by atoms with E-state index in [9.17, 15) is 13.2 Å². The summed E-state index contributed by atoms with van der Waals surface area (Å²) in [6, 6.07) is 9.17. The molecule has 0 bridgehead atoms. The number of nitrogens with two attached hydrogens (primary N) is 1.